The Bertz CT molecular complexity index is 57.5. The molecule has 0 spiro atoms. The minimum absolute atomic E-state index is 0.0370. The molecule has 2 heteroatoms. The molecule has 2 nitrogen and oxygen atoms in total. The van der Waals surface area contributed by atoms with Crippen LogP contribution in [0.2, 0.25) is 0 Å². The summed E-state index contributed by atoms with van der Waals surface area (Å²) in [5.41, 5.74) is 0. The lowest BCUT2D eigenvalue weighted by Gasteiger charge is -2.01. The van der Waals surface area contributed by atoms with Gasteiger partial charge in [-0.3, -0.25) is 0 Å². The second-order valence-electron chi connectivity index (χ2n) is 2.33. The molecule has 0 bridgehead atoms. The van der Waals surface area contributed by atoms with Crippen LogP contribution in [0.1, 0.15) is 19.3 Å². The highest BCUT2D eigenvalue weighted by atomic mass is 16.3. The lowest BCUT2D eigenvalue weighted by molar-refractivity contribution is 0.161. The molecule has 1 rings (SSSR count). The third-order valence-electron chi connectivity index (χ3n) is 1.55. The van der Waals surface area contributed by atoms with Gasteiger partial charge in [-0.25, -0.2) is 0 Å². The SMILES string of the molecule is O[C@@H]1CCCNCC1. The van der Waals surface area contributed by atoms with Gasteiger partial charge in [-0.2, -0.15) is 0 Å². The Morgan fingerprint density at radius 2 is 2.12 bits per heavy atom. The number of nitrogens with one attached hydrogen (secondary N) is 1. The largest absolute Gasteiger partial charge is 0.393 e. The first-order valence-corrected chi connectivity index (χ1v) is 3.28. The molecule has 1 aliphatic rings. The molecule has 0 radical (unpaired) electrons. The molecular weight excluding hydrogens is 102 g/mol. The molecule has 1 aliphatic heterocycles. The number of hydrogen-bond donors (Lipinski definition) is 2. The Balaban J connectivity index is 2.17. The first kappa shape index (κ1) is 6.05. The average Bonchev–Trinajstić information content (AvgIpc) is 1.94. The molecule has 0 amide bonds. The highest BCUT2D eigenvalue weighted by Crippen LogP contribution is 2.02. The molecule has 0 aliphatic carbocycles. The summed E-state index contributed by atoms with van der Waals surface area (Å²) in [4.78, 5) is 0. The quantitative estimate of drug-likeness (QED) is 0.470. The van der Waals surface area contributed by atoms with Crippen LogP contribution in [0.3, 0.4) is 0 Å². The summed E-state index contributed by atoms with van der Waals surface area (Å²) in [5, 5.41) is 12.3. The summed E-state index contributed by atoms with van der Waals surface area (Å²) in [7, 11) is 0. The molecule has 8 heavy (non-hydrogen) atoms. The highest BCUT2D eigenvalue weighted by Gasteiger charge is 2.05. The highest BCUT2D eigenvalue weighted by molar-refractivity contribution is 4.63. The Morgan fingerprint density at radius 3 is 3.00 bits per heavy atom. The van der Waals surface area contributed by atoms with Crippen LogP contribution in [0.4, 0.5) is 0 Å². The van der Waals surface area contributed by atoms with E-state index in [0.717, 1.165) is 32.4 Å². The molecule has 2 N–H and O–H groups in total. The molecule has 48 valence electrons. The van der Waals surface area contributed by atoms with E-state index in [1.165, 1.54) is 0 Å². The maximum absolute atomic E-state index is 9.05. The van der Waals surface area contributed by atoms with Gasteiger partial charge in [0.05, 0.1) is 6.10 Å². The monoisotopic (exact) mass is 115 g/mol. The molecule has 1 saturated heterocycles. The molecule has 0 aromatic rings. The van der Waals surface area contributed by atoms with Crippen molar-refractivity contribution in [3.63, 3.8) is 0 Å². The van der Waals surface area contributed by atoms with Gasteiger partial charge in [-0.1, -0.05) is 0 Å². The fraction of sp³-hybridized carbons (Fsp3) is 1.00. The second-order valence-corrected chi connectivity index (χ2v) is 2.33. The fourth-order valence-electron chi connectivity index (χ4n) is 1.00. The van der Waals surface area contributed by atoms with E-state index in [1.54, 1.807) is 0 Å². The number of hydrogen-bond acceptors (Lipinski definition) is 2. The van der Waals surface area contributed by atoms with Gasteiger partial charge in [0.1, 0.15) is 0 Å². The topological polar surface area (TPSA) is 32.3 Å². The molecule has 1 heterocycles. The van der Waals surface area contributed by atoms with Crippen molar-refractivity contribution in [2.45, 2.75) is 25.4 Å². The second kappa shape index (κ2) is 3.05. The van der Waals surface area contributed by atoms with Crippen molar-refractivity contribution in [3.8, 4) is 0 Å². The van der Waals surface area contributed by atoms with Gasteiger partial charge in [0.15, 0.2) is 0 Å². The van der Waals surface area contributed by atoms with E-state index >= 15 is 0 Å². The minimum atomic E-state index is -0.0370. The van der Waals surface area contributed by atoms with Crippen molar-refractivity contribution < 1.29 is 5.11 Å². The van der Waals surface area contributed by atoms with E-state index in [4.69, 9.17) is 5.11 Å². The predicted octanol–water partition coefficient (Wildman–Crippen LogP) is 0.121. The van der Waals surface area contributed by atoms with Crippen LogP contribution in [0.5, 0.6) is 0 Å². The molecule has 1 fully saturated rings. The van der Waals surface area contributed by atoms with Crippen LogP contribution in [0.15, 0.2) is 0 Å². The first-order valence-electron chi connectivity index (χ1n) is 3.28. The minimum Gasteiger partial charge on any atom is -0.393 e. The lowest BCUT2D eigenvalue weighted by Crippen LogP contribution is -2.14. The van der Waals surface area contributed by atoms with Crippen molar-refractivity contribution in [1.82, 2.24) is 5.32 Å². The van der Waals surface area contributed by atoms with Crippen LogP contribution >= 0.6 is 0 Å². The maximum atomic E-state index is 9.05. The Labute approximate surface area is 49.9 Å². The van der Waals surface area contributed by atoms with Crippen molar-refractivity contribution in [3.05, 3.63) is 0 Å². The molecule has 0 aromatic heterocycles. The predicted molar refractivity (Wildman–Crippen MR) is 32.7 cm³/mol. The van der Waals surface area contributed by atoms with Crippen LogP contribution in [0.25, 0.3) is 0 Å². The van der Waals surface area contributed by atoms with Gasteiger partial charge < -0.3 is 10.4 Å². The molecule has 0 saturated carbocycles. The van der Waals surface area contributed by atoms with Gasteiger partial charge in [-0.05, 0) is 32.4 Å². The van der Waals surface area contributed by atoms with Gasteiger partial charge in [0.2, 0.25) is 0 Å². The van der Waals surface area contributed by atoms with Gasteiger partial charge in [0, 0.05) is 0 Å². The lowest BCUT2D eigenvalue weighted by atomic mass is 10.2. The van der Waals surface area contributed by atoms with Crippen molar-refractivity contribution in [2.75, 3.05) is 13.1 Å². The van der Waals surface area contributed by atoms with Crippen LogP contribution in [0, 0.1) is 0 Å². The average molecular weight is 115 g/mol. The Kier molecular flexibility index (Phi) is 2.30. The van der Waals surface area contributed by atoms with Crippen LogP contribution in [-0.2, 0) is 0 Å². The Hall–Kier alpha value is -0.0800. The molecular formula is C6H13NO. The summed E-state index contributed by atoms with van der Waals surface area (Å²) in [6.45, 7) is 2.07. The van der Waals surface area contributed by atoms with Crippen molar-refractivity contribution in [1.29, 1.82) is 0 Å². The number of aliphatic hydroxyl groups is 1. The third-order valence-corrected chi connectivity index (χ3v) is 1.55. The maximum Gasteiger partial charge on any atom is 0.0552 e. The zero-order chi connectivity index (χ0) is 5.82. The van der Waals surface area contributed by atoms with Crippen LogP contribution in [-0.4, -0.2) is 24.3 Å². The summed E-state index contributed by atoms with van der Waals surface area (Å²) < 4.78 is 0. The summed E-state index contributed by atoms with van der Waals surface area (Å²) in [6, 6.07) is 0. The molecule has 1 atom stereocenters. The summed E-state index contributed by atoms with van der Waals surface area (Å²) >= 11 is 0. The number of aliphatic hydroxyl groups excluding tert-OH is 1. The van der Waals surface area contributed by atoms with E-state index < -0.39 is 0 Å². The van der Waals surface area contributed by atoms with Crippen molar-refractivity contribution >= 4 is 0 Å². The van der Waals surface area contributed by atoms with Gasteiger partial charge >= 0.3 is 0 Å². The summed E-state index contributed by atoms with van der Waals surface area (Å²) in [5.74, 6) is 0. The van der Waals surface area contributed by atoms with E-state index in [9.17, 15) is 0 Å². The third kappa shape index (κ3) is 1.80. The zero-order valence-corrected chi connectivity index (χ0v) is 5.06. The normalized spacial score (nSPS) is 31.9. The Morgan fingerprint density at radius 1 is 1.25 bits per heavy atom. The van der Waals surface area contributed by atoms with Gasteiger partial charge in [0.25, 0.3) is 0 Å². The van der Waals surface area contributed by atoms with E-state index in [1.807, 2.05) is 0 Å². The smallest absolute Gasteiger partial charge is 0.0552 e. The summed E-state index contributed by atoms with van der Waals surface area (Å²) in [6.07, 6.45) is 3.00. The molecule has 0 unspecified atom stereocenters. The standard InChI is InChI=1S/C6H13NO/c8-6-2-1-4-7-5-3-6/h6-8H,1-5H2/t6-/m1/s1. The van der Waals surface area contributed by atoms with Crippen LogP contribution < -0.4 is 5.32 Å². The van der Waals surface area contributed by atoms with E-state index in [0.29, 0.717) is 0 Å². The first-order chi connectivity index (χ1) is 3.89. The zero-order valence-electron chi connectivity index (χ0n) is 5.06. The van der Waals surface area contributed by atoms with E-state index in [2.05, 4.69) is 5.32 Å². The van der Waals surface area contributed by atoms with Gasteiger partial charge in [-0.15, -0.1) is 0 Å². The van der Waals surface area contributed by atoms with Crippen molar-refractivity contribution in [2.24, 2.45) is 0 Å². The number of rotatable bonds is 0. The fourth-order valence-corrected chi connectivity index (χ4v) is 1.00. The molecule has 0 aromatic carbocycles. The van der Waals surface area contributed by atoms with E-state index in [-0.39, 0.29) is 6.10 Å².